The van der Waals surface area contributed by atoms with E-state index in [1.165, 1.54) is 38.5 Å². The second-order valence-corrected chi connectivity index (χ2v) is 5.94. The summed E-state index contributed by atoms with van der Waals surface area (Å²) in [5.41, 5.74) is 0. The molecule has 1 unspecified atom stereocenters. The zero-order valence-electron chi connectivity index (χ0n) is 11.7. The minimum Gasteiger partial charge on any atom is -0.120 e. The molecule has 0 saturated heterocycles. The van der Waals surface area contributed by atoms with Crippen molar-refractivity contribution in [3.63, 3.8) is 0 Å². The Kier molecular flexibility index (Phi) is 12.7. The van der Waals surface area contributed by atoms with Gasteiger partial charge in [0.15, 0.2) is 0 Å². The Morgan fingerprint density at radius 1 is 0.933 bits per heavy atom. The van der Waals surface area contributed by atoms with Crippen molar-refractivity contribution in [2.24, 2.45) is 5.92 Å². The highest BCUT2D eigenvalue weighted by molar-refractivity contribution is 6.23. The summed E-state index contributed by atoms with van der Waals surface area (Å²) in [6.45, 7) is 13.0. The van der Waals surface area contributed by atoms with Crippen LogP contribution in [0.4, 0.5) is 0 Å². The summed E-state index contributed by atoms with van der Waals surface area (Å²) in [5.74, 6) is 0.629. The van der Waals surface area contributed by atoms with Crippen molar-refractivity contribution >= 4 is 11.6 Å². The Morgan fingerprint density at radius 3 is 1.47 bits per heavy atom. The normalized spacial score (nSPS) is 13.0. The largest absolute Gasteiger partial charge is 0.120 e. The molecule has 0 N–H and O–H groups in total. The maximum Gasteiger partial charge on any atom is 0.0416 e. The van der Waals surface area contributed by atoms with Gasteiger partial charge in [-0.3, -0.25) is 0 Å². The Hall–Kier alpha value is 0.290. The molecule has 0 aliphatic carbocycles. The first-order valence-electron chi connectivity index (χ1n) is 6.58. The van der Waals surface area contributed by atoms with E-state index in [2.05, 4.69) is 41.5 Å². The number of rotatable bonds is 6. The molecule has 0 aliphatic rings. The van der Waals surface area contributed by atoms with Crippen molar-refractivity contribution in [2.45, 2.75) is 84.9 Å². The molecule has 0 amide bonds. The van der Waals surface area contributed by atoms with E-state index in [-0.39, 0.29) is 4.87 Å². The van der Waals surface area contributed by atoms with Crippen molar-refractivity contribution in [1.29, 1.82) is 0 Å². The molecule has 0 aromatic carbocycles. The summed E-state index contributed by atoms with van der Waals surface area (Å²) in [5, 5.41) is 0. The molecule has 0 saturated carbocycles. The lowest BCUT2D eigenvalue weighted by atomic mass is 9.93. The van der Waals surface area contributed by atoms with Gasteiger partial charge in [0.25, 0.3) is 0 Å². The van der Waals surface area contributed by atoms with E-state index in [4.69, 9.17) is 11.6 Å². The van der Waals surface area contributed by atoms with E-state index in [9.17, 15) is 0 Å². The van der Waals surface area contributed by atoms with Crippen molar-refractivity contribution < 1.29 is 0 Å². The molecule has 0 aromatic rings. The van der Waals surface area contributed by atoms with E-state index in [0.29, 0.717) is 5.92 Å². The third-order valence-corrected chi connectivity index (χ3v) is 3.22. The van der Waals surface area contributed by atoms with E-state index in [0.717, 1.165) is 0 Å². The standard InChI is InChI=1S/C8H17Cl.C6H14/c1-5-6-7(2)8(3,4)9;1-3-5-6-4-2/h7H,5-6H2,1-4H3;3-6H2,1-2H3. The summed E-state index contributed by atoms with van der Waals surface area (Å²) >= 11 is 6.06. The van der Waals surface area contributed by atoms with Gasteiger partial charge in [0.2, 0.25) is 0 Å². The number of halogens is 1. The molecular weight excluding hydrogens is 204 g/mol. The number of hydrogen-bond donors (Lipinski definition) is 0. The molecule has 0 fully saturated rings. The smallest absolute Gasteiger partial charge is 0.0416 e. The molecule has 94 valence electrons. The van der Waals surface area contributed by atoms with Crippen LogP contribution >= 0.6 is 11.6 Å². The molecule has 0 aromatic heterocycles. The van der Waals surface area contributed by atoms with E-state index in [1.54, 1.807) is 0 Å². The third-order valence-electron chi connectivity index (χ3n) is 2.85. The summed E-state index contributed by atoms with van der Waals surface area (Å²) in [7, 11) is 0. The molecule has 0 bridgehead atoms. The third kappa shape index (κ3) is 14.3. The molecule has 0 aliphatic heterocycles. The molecule has 0 heterocycles. The van der Waals surface area contributed by atoms with Gasteiger partial charge in [0.05, 0.1) is 0 Å². The van der Waals surface area contributed by atoms with E-state index < -0.39 is 0 Å². The highest BCUT2D eigenvalue weighted by Gasteiger charge is 2.20. The quantitative estimate of drug-likeness (QED) is 0.389. The fourth-order valence-electron chi connectivity index (χ4n) is 1.28. The predicted octanol–water partition coefficient (Wildman–Crippen LogP) is 6.03. The van der Waals surface area contributed by atoms with Crippen molar-refractivity contribution in [2.75, 3.05) is 0 Å². The molecule has 0 nitrogen and oxygen atoms in total. The number of alkyl halides is 1. The summed E-state index contributed by atoms with van der Waals surface area (Å²) in [6.07, 6.45) is 8.00. The zero-order chi connectivity index (χ0) is 12.3. The maximum atomic E-state index is 6.06. The maximum absolute atomic E-state index is 6.06. The van der Waals surface area contributed by atoms with Crippen LogP contribution in [0.3, 0.4) is 0 Å². The molecule has 1 heteroatoms. The molecule has 1 atom stereocenters. The van der Waals surface area contributed by atoms with Crippen LogP contribution in [-0.4, -0.2) is 4.87 Å². The van der Waals surface area contributed by atoms with Gasteiger partial charge in [0.1, 0.15) is 0 Å². The Labute approximate surface area is 103 Å². The molecule has 0 rings (SSSR count). The first kappa shape index (κ1) is 17.7. The zero-order valence-corrected chi connectivity index (χ0v) is 12.5. The summed E-state index contributed by atoms with van der Waals surface area (Å²) in [6, 6.07) is 0. The highest BCUT2D eigenvalue weighted by atomic mass is 35.5. The fourth-order valence-corrected chi connectivity index (χ4v) is 1.39. The summed E-state index contributed by atoms with van der Waals surface area (Å²) in [4.78, 5) is -0.0178. The van der Waals surface area contributed by atoms with Gasteiger partial charge in [-0.1, -0.05) is 59.8 Å². The van der Waals surface area contributed by atoms with Crippen LogP contribution in [0.2, 0.25) is 0 Å². The monoisotopic (exact) mass is 234 g/mol. The van der Waals surface area contributed by atoms with Crippen LogP contribution in [0, 0.1) is 5.92 Å². The lowest BCUT2D eigenvalue weighted by molar-refractivity contribution is 0.418. The topological polar surface area (TPSA) is 0 Å². The predicted molar refractivity (Wildman–Crippen MR) is 73.8 cm³/mol. The highest BCUT2D eigenvalue weighted by Crippen LogP contribution is 2.27. The molecule has 0 radical (unpaired) electrons. The van der Waals surface area contributed by atoms with E-state index in [1.807, 2.05) is 0 Å². The van der Waals surface area contributed by atoms with Gasteiger partial charge >= 0.3 is 0 Å². The number of hydrogen-bond acceptors (Lipinski definition) is 0. The molecule has 15 heavy (non-hydrogen) atoms. The average molecular weight is 235 g/mol. The van der Waals surface area contributed by atoms with Gasteiger partial charge < -0.3 is 0 Å². The first-order chi connectivity index (χ1) is 6.90. The average Bonchev–Trinajstić information content (AvgIpc) is 2.15. The van der Waals surface area contributed by atoms with Gasteiger partial charge in [-0.25, -0.2) is 0 Å². The minimum atomic E-state index is -0.0178. The van der Waals surface area contributed by atoms with Crippen molar-refractivity contribution in [3.8, 4) is 0 Å². The SMILES string of the molecule is CCCC(C)C(C)(C)Cl.CCCCCC. The van der Waals surface area contributed by atoms with Crippen LogP contribution in [0.1, 0.15) is 80.1 Å². The van der Waals surface area contributed by atoms with Crippen LogP contribution in [0.25, 0.3) is 0 Å². The Morgan fingerprint density at radius 2 is 1.33 bits per heavy atom. The van der Waals surface area contributed by atoms with Crippen molar-refractivity contribution in [1.82, 2.24) is 0 Å². The minimum absolute atomic E-state index is 0.0178. The van der Waals surface area contributed by atoms with E-state index >= 15 is 0 Å². The van der Waals surface area contributed by atoms with Crippen LogP contribution in [0.15, 0.2) is 0 Å². The second kappa shape index (κ2) is 10.8. The fraction of sp³-hybridized carbons (Fsp3) is 1.00. The number of unbranched alkanes of at least 4 members (excludes halogenated alkanes) is 3. The van der Waals surface area contributed by atoms with Gasteiger partial charge in [-0.15, -0.1) is 11.6 Å². The second-order valence-electron chi connectivity index (χ2n) is 4.96. The molecular formula is C14H31Cl. The Bertz CT molecular complexity index is 109. The molecule has 0 spiro atoms. The first-order valence-corrected chi connectivity index (χ1v) is 6.96. The van der Waals surface area contributed by atoms with Gasteiger partial charge in [-0.05, 0) is 26.2 Å². The van der Waals surface area contributed by atoms with Gasteiger partial charge in [0, 0.05) is 4.87 Å². The van der Waals surface area contributed by atoms with Crippen LogP contribution < -0.4 is 0 Å². The lowest BCUT2D eigenvalue weighted by Crippen LogP contribution is -2.21. The van der Waals surface area contributed by atoms with Crippen LogP contribution in [-0.2, 0) is 0 Å². The van der Waals surface area contributed by atoms with Gasteiger partial charge in [-0.2, -0.15) is 0 Å². The lowest BCUT2D eigenvalue weighted by Gasteiger charge is -2.23. The summed E-state index contributed by atoms with van der Waals surface area (Å²) < 4.78 is 0. The Balaban J connectivity index is 0. The van der Waals surface area contributed by atoms with Crippen molar-refractivity contribution in [3.05, 3.63) is 0 Å². The van der Waals surface area contributed by atoms with Crippen LogP contribution in [0.5, 0.6) is 0 Å².